The molecule has 1 N–H and O–H groups in total. The molecule has 3 aromatic rings. The number of carbonyl (C=O) groups is 1. The second-order valence-electron chi connectivity index (χ2n) is 11.1. The Morgan fingerprint density at radius 3 is 2.61 bits per heavy atom. The summed E-state index contributed by atoms with van der Waals surface area (Å²) in [6.07, 6.45) is 3.51. The molecule has 0 saturated carbocycles. The van der Waals surface area contributed by atoms with Gasteiger partial charge in [-0.25, -0.2) is 13.8 Å². The number of anilines is 2. The lowest BCUT2D eigenvalue weighted by Crippen LogP contribution is -2.40. The summed E-state index contributed by atoms with van der Waals surface area (Å²) < 4.78 is 35.9. The number of rotatable bonds is 6. The van der Waals surface area contributed by atoms with E-state index in [1.807, 2.05) is 22.9 Å². The highest BCUT2D eigenvalue weighted by Gasteiger charge is 2.43. The van der Waals surface area contributed by atoms with Crippen molar-refractivity contribution in [1.29, 1.82) is 0 Å². The number of benzene rings is 2. The summed E-state index contributed by atoms with van der Waals surface area (Å²) in [5, 5.41) is 3.01. The van der Waals surface area contributed by atoms with Crippen LogP contribution in [0.1, 0.15) is 37.8 Å². The summed E-state index contributed by atoms with van der Waals surface area (Å²) in [7, 11) is 0. The van der Waals surface area contributed by atoms with Crippen LogP contribution in [0.3, 0.4) is 0 Å². The molecule has 0 aliphatic carbocycles. The third kappa shape index (κ3) is 5.59. The number of para-hydroxylation sites is 1. The standard InChI is InChI=1S/C29H35F2N5O2/c1-29(2,3)36-18-23(22-9-8-21(30)16-25(22)31)24(19-36)27(37)33-28-32-10-11-35(28)17-20-6-4-5-7-26(20)34-12-14-38-15-13-34/h4-11,16,23-24H,12-15,17-19H2,1-3H3,(H,32,33,37)/t23-,24+/m0/s1. The minimum Gasteiger partial charge on any atom is -0.378 e. The van der Waals surface area contributed by atoms with E-state index in [2.05, 4.69) is 53.0 Å². The Hall–Kier alpha value is -3.30. The Bertz CT molecular complexity index is 1280. The van der Waals surface area contributed by atoms with E-state index in [4.69, 9.17) is 4.74 Å². The van der Waals surface area contributed by atoms with E-state index >= 15 is 0 Å². The normalized spacial score (nSPS) is 20.6. The lowest BCUT2D eigenvalue weighted by Gasteiger charge is -2.31. The smallest absolute Gasteiger partial charge is 0.231 e. The van der Waals surface area contributed by atoms with Crippen LogP contribution in [-0.2, 0) is 16.1 Å². The fraction of sp³-hybridized carbons (Fsp3) is 0.448. The summed E-state index contributed by atoms with van der Waals surface area (Å²) in [6, 6.07) is 11.8. The molecule has 1 aromatic heterocycles. The number of nitrogens with zero attached hydrogens (tertiary/aromatic N) is 4. The first-order chi connectivity index (χ1) is 18.2. The fourth-order valence-electron chi connectivity index (χ4n) is 5.44. The molecule has 0 spiro atoms. The molecular weight excluding hydrogens is 488 g/mol. The van der Waals surface area contributed by atoms with Crippen molar-refractivity contribution in [3.8, 4) is 0 Å². The van der Waals surface area contributed by atoms with Gasteiger partial charge < -0.3 is 14.2 Å². The van der Waals surface area contributed by atoms with E-state index in [1.165, 1.54) is 12.1 Å². The lowest BCUT2D eigenvalue weighted by atomic mass is 9.88. The largest absolute Gasteiger partial charge is 0.378 e. The Kier molecular flexibility index (Phi) is 7.49. The van der Waals surface area contributed by atoms with Gasteiger partial charge >= 0.3 is 0 Å². The molecule has 9 heteroatoms. The Balaban J connectivity index is 1.37. The number of carbonyl (C=O) groups excluding carboxylic acids is 1. The molecule has 0 radical (unpaired) electrons. The third-order valence-electron chi connectivity index (χ3n) is 7.60. The number of imidazole rings is 1. The second-order valence-corrected chi connectivity index (χ2v) is 11.1. The van der Waals surface area contributed by atoms with Crippen molar-refractivity contribution in [1.82, 2.24) is 14.5 Å². The average Bonchev–Trinajstić information content (AvgIpc) is 3.52. The van der Waals surface area contributed by atoms with Crippen LogP contribution in [0.15, 0.2) is 54.9 Å². The molecule has 2 aliphatic heterocycles. The number of morpholine rings is 1. The van der Waals surface area contributed by atoms with Gasteiger partial charge in [0.1, 0.15) is 11.6 Å². The van der Waals surface area contributed by atoms with E-state index in [9.17, 15) is 13.6 Å². The summed E-state index contributed by atoms with van der Waals surface area (Å²) >= 11 is 0. The van der Waals surface area contributed by atoms with Gasteiger partial charge in [-0.1, -0.05) is 24.3 Å². The van der Waals surface area contributed by atoms with Gasteiger partial charge in [0.25, 0.3) is 0 Å². The molecule has 38 heavy (non-hydrogen) atoms. The predicted molar refractivity (Wildman–Crippen MR) is 143 cm³/mol. The number of likely N-dealkylation sites (tertiary alicyclic amines) is 1. The van der Waals surface area contributed by atoms with Gasteiger partial charge in [-0.3, -0.25) is 15.0 Å². The average molecular weight is 524 g/mol. The van der Waals surface area contributed by atoms with Gasteiger partial charge in [0, 0.05) is 61.8 Å². The van der Waals surface area contributed by atoms with Crippen molar-refractivity contribution in [2.45, 2.75) is 38.8 Å². The van der Waals surface area contributed by atoms with Gasteiger partial charge in [-0.05, 0) is 44.0 Å². The number of nitrogens with one attached hydrogen (secondary N) is 1. The van der Waals surface area contributed by atoms with Crippen LogP contribution in [0.5, 0.6) is 0 Å². The molecule has 2 saturated heterocycles. The van der Waals surface area contributed by atoms with Crippen molar-refractivity contribution in [2.75, 3.05) is 49.6 Å². The number of hydrogen-bond acceptors (Lipinski definition) is 5. The highest BCUT2D eigenvalue weighted by Crippen LogP contribution is 2.38. The van der Waals surface area contributed by atoms with Crippen LogP contribution in [0, 0.1) is 17.6 Å². The van der Waals surface area contributed by atoms with E-state index in [-0.39, 0.29) is 11.4 Å². The Morgan fingerprint density at radius 1 is 1.11 bits per heavy atom. The predicted octanol–water partition coefficient (Wildman–Crippen LogP) is 4.50. The SMILES string of the molecule is CC(C)(C)N1C[C@@H](C(=O)Nc2nccn2Cc2ccccc2N2CCOCC2)[C@H](c2ccc(F)cc2F)C1. The van der Waals surface area contributed by atoms with Crippen molar-refractivity contribution in [3.63, 3.8) is 0 Å². The van der Waals surface area contributed by atoms with Gasteiger partial charge in [0.05, 0.1) is 25.7 Å². The number of halogens is 2. The van der Waals surface area contributed by atoms with Crippen LogP contribution in [0.25, 0.3) is 0 Å². The summed E-state index contributed by atoms with van der Waals surface area (Å²) in [5.74, 6) is -1.94. The molecule has 2 atom stereocenters. The number of ether oxygens (including phenoxy) is 1. The lowest BCUT2D eigenvalue weighted by molar-refractivity contribution is -0.120. The maximum atomic E-state index is 14.8. The number of amides is 1. The maximum absolute atomic E-state index is 14.8. The molecule has 0 unspecified atom stereocenters. The molecule has 2 aromatic carbocycles. The molecule has 2 fully saturated rings. The quantitative estimate of drug-likeness (QED) is 0.516. The van der Waals surface area contributed by atoms with Crippen molar-refractivity contribution >= 4 is 17.5 Å². The van der Waals surface area contributed by atoms with Crippen LogP contribution in [0.4, 0.5) is 20.4 Å². The highest BCUT2D eigenvalue weighted by molar-refractivity contribution is 5.92. The van der Waals surface area contributed by atoms with Crippen molar-refractivity contribution in [2.24, 2.45) is 5.92 Å². The Labute approximate surface area is 222 Å². The number of hydrogen-bond donors (Lipinski definition) is 1. The second kappa shape index (κ2) is 10.8. The zero-order valence-corrected chi connectivity index (χ0v) is 22.2. The zero-order chi connectivity index (χ0) is 26.9. The molecule has 5 rings (SSSR count). The zero-order valence-electron chi connectivity index (χ0n) is 22.2. The monoisotopic (exact) mass is 523 g/mol. The van der Waals surface area contributed by atoms with Gasteiger partial charge in [-0.2, -0.15) is 0 Å². The number of aromatic nitrogens is 2. The first-order valence-electron chi connectivity index (χ1n) is 13.1. The minimum absolute atomic E-state index is 0.203. The van der Waals surface area contributed by atoms with Crippen molar-refractivity contribution < 1.29 is 18.3 Å². The Morgan fingerprint density at radius 2 is 1.87 bits per heavy atom. The topological polar surface area (TPSA) is 62.6 Å². The minimum atomic E-state index is -0.627. The summed E-state index contributed by atoms with van der Waals surface area (Å²) in [5.41, 5.74) is 2.42. The highest BCUT2D eigenvalue weighted by atomic mass is 19.1. The summed E-state index contributed by atoms with van der Waals surface area (Å²) in [6.45, 7) is 10.8. The van der Waals surface area contributed by atoms with Crippen LogP contribution >= 0.6 is 0 Å². The molecule has 3 heterocycles. The third-order valence-corrected chi connectivity index (χ3v) is 7.60. The van der Waals surface area contributed by atoms with Gasteiger partial charge in [0.2, 0.25) is 11.9 Å². The molecule has 2 aliphatic rings. The van der Waals surface area contributed by atoms with Gasteiger partial charge in [0.15, 0.2) is 0 Å². The van der Waals surface area contributed by atoms with Gasteiger partial charge in [-0.15, -0.1) is 0 Å². The van der Waals surface area contributed by atoms with E-state index in [0.29, 0.717) is 44.4 Å². The molecule has 1 amide bonds. The van der Waals surface area contributed by atoms with Crippen LogP contribution < -0.4 is 10.2 Å². The van der Waals surface area contributed by atoms with E-state index in [0.717, 1.165) is 30.4 Å². The van der Waals surface area contributed by atoms with Crippen LogP contribution in [0.2, 0.25) is 0 Å². The van der Waals surface area contributed by atoms with Crippen LogP contribution in [-0.4, -0.2) is 65.3 Å². The first-order valence-corrected chi connectivity index (χ1v) is 13.1. The summed E-state index contributed by atoms with van der Waals surface area (Å²) in [4.78, 5) is 22.6. The first kappa shape index (κ1) is 26.3. The molecule has 0 bridgehead atoms. The maximum Gasteiger partial charge on any atom is 0.231 e. The van der Waals surface area contributed by atoms with Crippen molar-refractivity contribution in [3.05, 3.63) is 77.6 Å². The van der Waals surface area contributed by atoms with E-state index in [1.54, 1.807) is 6.20 Å². The molecule has 202 valence electrons. The molecule has 7 nitrogen and oxygen atoms in total. The van der Waals surface area contributed by atoms with E-state index < -0.39 is 23.5 Å². The molecular formula is C29H35F2N5O2. The fourth-order valence-corrected chi connectivity index (χ4v) is 5.44.